The molecule has 1 amide bonds. The van der Waals surface area contributed by atoms with Gasteiger partial charge in [0.05, 0.1) is 5.60 Å². The van der Waals surface area contributed by atoms with Crippen LogP contribution in [0.2, 0.25) is 0 Å². The van der Waals surface area contributed by atoms with Gasteiger partial charge in [-0.25, -0.2) is 4.79 Å². The Kier molecular flexibility index (Phi) is 5.40. The van der Waals surface area contributed by atoms with Crippen molar-refractivity contribution in [2.24, 2.45) is 0 Å². The Morgan fingerprint density at radius 1 is 1.07 bits per heavy atom. The molecule has 4 heteroatoms. The van der Waals surface area contributed by atoms with Gasteiger partial charge in [-0.2, -0.15) is 0 Å². The van der Waals surface area contributed by atoms with Crippen LogP contribution in [0.15, 0.2) is 54.6 Å². The van der Waals surface area contributed by atoms with Gasteiger partial charge in [0.1, 0.15) is 6.61 Å². The molecule has 2 bridgehead atoms. The number of hydrogen-bond donors (Lipinski definition) is 1. The zero-order valence-corrected chi connectivity index (χ0v) is 16.5. The van der Waals surface area contributed by atoms with E-state index in [-0.39, 0.29) is 18.2 Å². The summed E-state index contributed by atoms with van der Waals surface area (Å²) in [6.45, 7) is 2.42. The van der Waals surface area contributed by atoms with E-state index in [1.807, 2.05) is 47.4 Å². The first-order chi connectivity index (χ1) is 13.6. The van der Waals surface area contributed by atoms with Crippen LogP contribution in [0.25, 0.3) is 0 Å². The summed E-state index contributed by atoms with van der Waals surface area (Å²) in [6, 6.07) is 18.1. The van der Waals surface area contributed by atoms with Crippen LogP contribution in [0, 0.1) is 0 Å². The molecule has 2 heterocycles. The van der Waals surface area contributed by atoms with Crippen molar-refractivity contribution in [1.29, 1.82) is 0 Å². The maximum absolute atomic E-state index is 12.9. The summed E-state index contributed by atoms with van der Waals surface area (Å²) < 4.78 is 5.62. The molecule has 2 saturated heterocycles. The molecule has 4 rings (SSSR count). The van der Waals surface area contributed by atoms with Crippen LogP contribution in [-0.2, 0) is 23.4 Å². The Morgan fingerprint density at radius 3 is 2.43 bits per heavy atom. The number of piperidine rings is 2. The monoisotopic (exact) mass is 379 g/mol. The van der Waals surface area contributed by atoms with Crippen molar-refractivity contribution < 1.29 is 14.6 Å². The van der Waals surface area contributed by atoms with E-state index >= 15 is 0 Å². The standard InChI is InChI=1S/C24H29NO3/c1-2-18-10-6-11-20(14-18)24(27)15-21-12-7-13-22(16-24)25(21)23(26)28-17-19-8-4-3-5-9-19/h3-6,8-11,14,21-22,27H,2,7,12-13,15-17H2,1H3. The molecule has 0 saturated carbocycles. The normalized spacial score (nSPS) is 26.7. The Bertz CT molecular complexity index is 806. The number of carbonyl (C=O) groups excluding carboxylic acids is 1. The summed E-state index contributed by atoms with van der Waals surface area (Å²) in [4.78, 5) is 14.8. The van der Waals surface area contributed by atoms with E-state index in [9.17, 15) is 9.90 Å². The van der Waals surface area contributed by atoms with Crippen LogP contribution in [0.5, 0.6) is 0 Å². The fraction of sp³-hybridized carbons (Fsp3) is 0.458. The average Bonchev–Trinajstić information content (AvgIpc) is 2.72. The molecule has 2 aliphatic rings. The summed E-state index contributed by atoms with van der Waals surface area (Å²) in [6.07, 6.45) is 4.81. The first-order valence-electron chi connectivity index (χ1n) is 10.4. The fourth-order valence-electron chi connectivity index (χ4n) is 4.84. The van der Waals surface area contributed by atoms with Crippen LogP contribution < -0.4 is 0 Å². The second kappa shape index (κ2) is 7.96. The van der Waals surface area contributed by atoms with Gasteiger partial charge in [0.2, 0.25) is 0 Å². The lowest BCUT2D eigenvalue weighted by molar-refractivity contribution is -0.0896. The third kappa shape index (κ3) is 3.79. The maximum atomic E-state index is 12.9. The van der Waals surface area contributed by atoms with Gasteiger partial charge in [-0.1, -0.05) is 61.5 Å². The van der Waals surface area contributed by atoms with Gasteiger partial charge >= 0.3 is 6.09 Å². The molecule has 2 atom stereocenters. The second-order valence-corrected chi connectivity index (χ2v) is 8.18. The van der Waals surface area contributed by atoms with Crippen LogP contribution in [0.4, 0.5) is 4.79 Å². The van der Waals surface area contributed by atoms with Crippen molar-refractivity contribution in [3.8, 4) is 0 Å². The molecule has 2 aromatic carbocycles. The van der Waals surface area contributed by atoms with E-state index in [1.165, 1.54) is 5.56 Å². The molecule has 1 N–H and O–H groups in total. The van der Waals surface area contributed by atoms with E-state index in [1.54, 1.807) is 0 Å². The highest BCUT2D eigenvalue weighted by atomic mass is 16.6. The summed E-state index contributed by atoms with van der Waals surface area (Å²) in [5.41, 5.74) is 2.35. The number of ether oxygens (including phenoxy) is 1. The molecule has 2 fully saturated rings. The zero-order chi connectivity index (χ0) is 19.6. The third-order valence-electron chi connectivity index (χ3n) is 6.30. The molecule has 28 heavy (non-hydrogen) atoms. The quantitative estimate of drug-likeness (QED) is 0.831. The highest BCUT2D eigenvalue weighted by Gasteiger charge is 2.48. The lowest BCUT2D eigenvalue weighted by Crippen LogP contribution is -2.58. The van der Waals surface area contributed by atoms with Crippen molar-refractivity contribution in [2.45, 2.75) is 69.7 Å². The molecule has 2 unspecified atom stereocenters. The van der Waals surface area contributed by atoms with Crippen molar-refractivity contribution >= 4 is 6.09 Å². The molecule has 0 aliphatic carbocycles. The Morgan fingerprint density at radius 2 is 1.75 bits per heavy atom. The second-order valence-electron chi connectivity index (χ2n) is 8.18. The van der Waals surface area contributed by atoms with Crippen LogP contribution in [0.1, 0.15) is 55.7 Å². The van der Waals surface area contributed by atoms with Gasteiger partial charge in [0, 0.05) is 24.9 Å². The summed E-state index contributed by atoms with van der Waals surface area (Å²) >= 11 is 0. The van der Waals surface area contributed by atoms with Crippen molar-refractivity contribution in [2.75, 3.05) is 0 Å². The number of aliphatic hydroxyl groups is 1. The predicted octanol–water partition coefficient (Wildman–Crippen LogP) is 4.79. The molecule has 2 aromatic rings. The number of fused-ring (bicyclic) bond motifs is 2. The van der Waals surface area contributed by atoms with Gasteiger partial charge in [-0.05, 0) is 42.4 Å². The molecular weight excluding hydrogens is 350 g/mol. The van der Waals surface area contributed by atoms with Crippen LogP contribution >= 0.6 is 0 Å². The highest BCUT2D eigenvalue weighted by molar-refractivity contribution is 5.69. The van der Waals surface area contributed by atoms with Gasteiger partial charge in [-0.15, -0.1) is 0 Å². The third-order valence-corrected chi connectivity index (χ3v) is 6.30. The summed E-state index contributed by atoms with van der Waals surface area (Å²) in [5.74, 6) is 0. The van der Waals surface area contributed by atoms with E-state index in [4.69, 9.17) is 4.74 Å². The summed E-state index contributed by atoms with van der Waals surface area (Å²) in [7, 11) is 0. The number of benzene rings is 2. The SMILES string of the molecule is CCc1cccc(C2(O)CC3CCCC(C2)N3C(=O)OCc2ccccc2)c1. The van der Waals surface area contributed by atoms with Crippen LogP contribution in [-0.4, -0.2) is 28.2 Å². The topological polar surface area (TPSA) is 49.8 Å². The number of aryl methyl sites for hydroxylation is 1. The number of carbonyl (C=O) groups is 1. The largest absolute Gasteiger partial charge is 0.445 e. The number of nitrogens with zero attached hydrogens (tertiary/aromatic N) is 1. The van der Waals surface area contributed by atoms with Crippen LogP contribution in [0.3, 0.4) is 0 Å². The lowest BCUT2D eigenvalue weighted by atomic mass is 9.72. The molecule has 0 aromatic heterocycles. The molecule has 0 spiro atoms. The van der Waals surface area contributed by atoms with Gasteiger partial charge in [0.25, 0.3) is 0 Å². The van der Waals surface area contributed by atoms with Crippen molar-refractivity contribution in [3.05, 3.63) is 71.3 Å². The number of rotatable bonds is 4. The van der Waals surface area contributed by atoms with Gasteiger partial charge in [-0.3, -0.25) is 0 Å². The molecular formula is C24H29NO3. The molecule has 2 aliphatic heterocycles. The van der Waals surface area contributed by atoms with E-state index in [2.05, 4.69) is 19.1 Å². The smallest absolute Gasteiger partial charge is 0.410 e. The first-order valence-corrected chi connectivity index (χ1v) is 10.4. The molecule has 0 radical (unpaired) electrons. The Hall–Kier alpha value is -2.33. The average molecular weight is 380 g/mol. The fourth-order valence-corrected chi connectivity index (χ4v) is 4.84. The minimum absolute atomic E-state index is 0.0334. The van der Waals surface area contributed by atoms with Crippen molar-refractivity contribution in [3.63, 3.8) is 0 Å². The van der Waals surface area contributed by atoms with E-state index in [0.29, 0.717) is 19.4 Å². The van der Waals surface area contributed by atoms with E-state index in [0.717, 1.165) is 36.8 Å². The Balaban J connectivity index is 1.49. The molecule has 148 valence electrons. The zero-order valence-electron chi connectivity index (χ0n) is 16.5. The summed E-state index contributed by atoms with van der Waals surface area (Å²) in [5, 5.41) is 11.5. The van der Waals surface area contributed by atoms with Gasteiger partial charge in [0.15, 0.2) is 0 Å². The minimum Gasteiger partial charge on any atom is -0.445 e. The number of amides is 1. The predicted molar refractivity (Wildman–Crippen MR) is 109 cm³/mol. The minimum atomic E-state index is -0.864. The highest BCUT2D eigenvalue weighted by Crippen LogP contribution is 2.44. The van der Waals surface area contributed by atoms with Crippen molar-refractivity contribution in [1.82, 2.24) is 4.90 Å². The molecule has 4 nitrogen and oxygen atoms in total. The maximum Gasteiger partial charge on any atom is 0.410 e. The first kappa shape index (κ1) is 19.0. The lowest BCUT2D eigenvalue weighted by Gasteiger charge is -2.51. The number of hydrogen-bond acceptors (Lipinski definition) is 3. The van der Waals surface area contributed by atoms with E-state index < -0.39 is 5.60 Å². The van der Waals surface area contributed by atoms with Gasteiger partial charge < -0.3 is 14.7 Å². The Labute approximate surface area is 167 Å².